The van der Waals surface area contributed by atoms with Crippen molar-refractivity contribution in [2.75, 3.05) is 25.6 Å². The van der Waals surface area contributed by atoms with Gasteiger partial charge in [0.2, 0.25) is 0 Å². The first-order valence-electron chi connectivity index (χ1n) is 9.33. The number of carbonyl (C=O) groups is 1. The Kier molecular flexibility index (Phi) is 6.71. The maximum absolute atomic E-state index is 12.6. The topological polar surface area (TPSA) is 87.1 Å². The van der Waals surface area contributed by atoms with Crippen molar-refractivity contribution in [1.82, 2.24) is 10.3 Å². The fourth-order valence-corrected chi connectivity index (χ4v) is 2.87. The summed E-state index contributed by atoms with van der Waals surface area (Å²) in [4.78, 5) is 17.0. The van der Waals surface area contributed by atoms with Crippen LogP contribution in [0.15, 0.2) is 66.9 Å². The number of methoxy groups -OCH3 is 1. The zero-order chi connectivity index (χ0) is 20.6. The molecule has 0 aliphatic rings. The number of hydrogen-bond donors (Lipinski definition) is 3. The molecule has 6 heteroatoms. The first-order valence-corrected chi connectivity index (χ1v) is 9.33. The maximum Gasteiger partial charge on any atom is 0.255 e. The summed E-state index contributed by atoms with van der Waals surface area (Å²) < 4.78 is 4.96. The number of anilines is 1. The van der Waals surface area contributed by atoms with Crippen LogP contribution in [0.25, 0.3) is 11.3 Å². The molecular weight excluding hydrogens is 364 g/mol. The lowest BCUT2D eigenvalue weighted by Gasteiger charge is -2.11. The molecule has 0 saturated carbocycles. The van der Waals surface area contributed by atoms with Gasteiger partial charge in [0, 0.05) is 42.2 Å². The van der Waals surface area contributed by atoms with Crippen LogP contribution in [-0.2, 0) is 4.74 Å². The van der Waals surface area contributed by atoms with Gasteiger partial charge in [-0.1, -0.05) is 24.3 Å². The van der Waals surface area contributed by atoms with Crippen molar-refractivity contribution in [2.24, 2.45) is 0 Å². The van der Waals surface area contributed by atoms with Crippen molar-refractivity contribution in [3.05, 3.63) is 83.6 Å². The van der Waals surface area contributed by atoms with Crippen LogP contribution < -0.4 is 10.6 Å². The van der Waals surface area contributed by atoms with Gasteiger partial charge in [-0.2, -0.15) is 0 Å². The minimum Gasteiger partial charge on any atom is -0.383 e. The predicted octanol–water partition coefficient (Wildman–Crippen LogP) is 3.87. The van der Waals surface area contributed by atoms with E-state index < -0.39 is 0 Å². The van der Waals surface area contributed by atoms with Crippen molar-refractivity contribution in [1.29, 1.82) is 5.41 Å². The smallest absolute Gasteiger partial charge is 0.255 e. The molecule has 0 radical (unpaired) electrons. The van der Waals surface area contributed by atoms with Crippen molar-refractivity contribution >= 4 is 17.4 Å². The Labute approximate surface area is 170 Å². The number of amides is 1. The van der Waals surface area contributed by atoms with Gasteiger partial charge in [-0.25, -0.2) is 0 Å². The molecule has 0 atom stereocenters. The van der Waals surface area contributed by atoms with E-state index in [0.29, 0.717) is 35.8 Å². The van der Waals surface area contributed by atoms with Gasteiger partial charge in [0.05, 0.1) is 12.3 Å². The van der Waals surface area contributed by atoms with Gasteiger partial charge in [0.1, 0.15) is 5.84 Å². The SMILES string of the molecule is COCCNC(=N)c1ccc(C(=O)Nc2ccc(C)c(-c3ccccn3)c2)cc1. The lowest BCUT2D eigenvalue weighted by molar-refractivity contribution is 0.102. The van der Waals surface area contributed by atoms with E-state index >= 15 is 0 Å². The van der Waals surface area contributed by atoms with Crippen molar-refractivity contribution < 1.29 is 9.53 Å². The second-order valence-electron chi connectivity index (χ2n) is 6.57. The molecule has 148 valence electrons. The van der Waals surface area contributed by atoms with E-state index in [0.717, 1.165) is 16.8 Å². The number of aromatic nitrogens is 1. The standard InChI is InChI=1S/C23H24N4O2/c1-16-6-11-19(15-20(16)21-5-3-4-12-25-21)27-23(28)18-9-7-17(8-10-18)22(24)26-13-14-29-2/h3-12,15H,13-14H2,1-2H3,(H2,24,26)(H,27,28). The zero-order valence-electron chi connectivity index (χ0n) is 16.5. The number of hydrogen-bond acceptors (Lipinski definition) is 4. The van der Waals surface area contributed by atoms with Crippen molar-refractivity contribution in [3.8, 4) is 11.3 Å². The van der Waals surface area contributed by atoms with Gasteiger partial charge < -0.3 is 15.4 Å². The number of aryl methyl sites for hydroxylation is 1. The van der Waals surface area contributed by atoms with E-state index in [2.05, 4.69) is 15.6 Å². The van der Waals surface area contributed by atoms with Crippen LogP contribution in [0.3, 0.4) is 0 Å². The fourth-order valence-electron chi connectivity index (χ4n) is 2.87. The van der Waals surface area contributed by atoms with Gasteiger partial charge in [-0.15, -0.1) is 0 Å². The van der Waals surface area contributed by atoms with Crippen LogP contribution in [0, 0.1) is 12.3 Å². The molecule has 0 aliphatic carbocycles. The fraction of sp³-hybridized carbons (Fsp3) is 0.174. The summed E-state index contributed by atoms with van der Waals surface area (Å²) in [7, 11) is 1.62. The Morgan fingerprint density at radius 1 is 1.07 bits per heavy atom. The molecule has 1 heterocycles. The summed E-state index contributed by atoms with van der Waals surface area (Å²) in [5.74, 6) is 0.0961. The monoisotopic (exact) mass is 388 g/mol. The van der Waals surface area contributed by atoms with E-state index in [9.17, 15) is 4.79 Å². The van der Waals surface area contributed by atoms with Gasteiger partial charge in [0.25, 0.3) is 5.91 Å². The molecule has 3 aromatic rings. The first-order chi connectivity index (χ1) is 14.1. The molecule has 0 fully saturated rings. The largest absolute Gasteiger partial charge is 0.383 e. The Hall–Kier alpha value is -3.51. The first kappa shape index (κ1) is 20.2. The number of nitrogens with one attached hydrogen (secondary N) is 3. The summed E-state index contributed by atoms with van der Waals surface area (Å²) in [5, 5.41) is 13.9. The van der Waals surface area contributed by atoms with Crippen LogP contribution in [0.4, 0.5) is 5.69 Å². The van der Waals surface area contributed by atoms with Crippen LogP contribution in [0.5, 0.6) is 0 Å². The number of pyridine rings is 1. The predicted molar refractivity (Wildman–Crippen MR) is 116 cm³/mol. The summed E-state index contributed by atoms with van der Waals surface area (Å²) >= 11 is 0. The van der Waals surface area contributed by atoms with E-state index in [-0.39, 0.29) is 5.91 Å². The molecule has 0 spiro atoms. The van der Waals surface area contributed by atoms with E-state index in [1.807, 2.05) is 43.3 Å². The highest BCUT2D eigenvalue weighted by molar-refractivity contribution is 6.05. The third kappa shape index (κ3) is 5.27. The second kappa shape index (κ2) is 9.61. The van der Waals surface area contributed by atoms with Gasteiger partial charge >= 0.3 is 0 Å². The highest BCUT2D eigenvalue weighted by Gasteiger charge is 2.10. The maximum atomic E-state index is 12.6. The normalized spacial score (nSPS) is 10.4. The Balaban J connectivity index is 1.70. The third-order valence-electron chi connectivity index (χ3n) is 4.48. The number of rotatable bonds is 7. The molecule has 3 N–H and O–H groups in total. The molecular formula is C23H24N4O2. The number of benzene rings is 2. The van der Waals surface area contributed by atoms with E-state index in [1.54, 1.807) is 37.6 Å². The second-order valence-corrected chi connectivity index (χ2v) is 6.57. The number of nitrogens with zero attached hydrogens (tertiary/aromatic N) is 1. The molecule has 1 aromatic heterocycles. The lowest BCUT2D eigenvalue weighted by Crippen LogP contribution is -2.27. The molecule has 0 saturated heterocycles. The zero-order valence-corrected chi connectivity index (χ0v) is 16.5. The molecule has 0 unspecified atom stereocenters. The van der Waals surface area contributed by atoms with E-state index in [4.69, 9.17) is 10.1 Å². The third-order valence-corrected chi connectivity index (χ3v) is 4.48. The summed E-state index contributed by atoms with van der Waals surface area (Å²) in [5.41, 5.74) is 4.88. The number of ether oxygens (including phenoxy) is 1. The summed E-state index contributed by atoms with van der Waals surface area (Å²) in [6.07, 6.45) is 1.75. The van der Waals surface area contributed by atoms with Crippen molar-refractivity contribution in [2.45, 2.75) is 6.92 Å². The van der Waals surface area contributed by atoms with Crippen LogP contribution in [0.1, 0.15) is 21.5 Å². The molecule has 0 aliphatic heterocycles. The number of amidine groups is 1. The average molecular weight is 388 g/mol. The average Bonchev–Trinajstić information content (AvgIpc) is 2.76. The Morgan fingerprint density at radius 2 is 1.83 bits per heavy atom. The van der Waals surface area contributed by atoms with E-state index in [1.165, 1.54) is 0 Å². The van der Waals surface area contributed by atoms with Gasteiger partial charge in [-0.3, -0.25) is 15.2 Å². The van der Waals surface area contributed by atoms with Crippen molar-refractivity contribution in [3.63, 3.8) is 0 Å². The quantitative estimate of drug-likeness (QED) is 0.326. The van der Waals surface area contributed by atoms with Crippen LogP contribution in [0.2, 0.25) is 0 Å². The Bertz CT molecular complexity index is 986. The lowest BCUT2D eigenvalue weighted by atomic mass is 10.0. The summed E-state index contributed by atoms with van der Waals surface area (Å²) in [6, 6.07) is 18.5. The molecule has 3 rings (SSSR count). The van der Waals surface area contributed by atoms with Crippen LogP contribution in [-0.4, -0.2) is 37.0 Å². The highest BCUT2D eigenvalue weighted by Crippen LogP contribution is 2.25. The highest BCUT2D eigenvalue weighted by atomic mass is 16.5. The summed E-state index contributed by atoms with van der Waals surface area (Å²) in [6.45, 7) is 3.10. The minimum absolute atomic E-state index is 0.203. The molecule has 6 nitrogen and oxygen atoms in total. The molecule has 2 aromatic carbocycles. The number of carbonyl (C=O) groups excluding carboxylic acids is 1. The van der Waals surface area contributed by atoms with Gasteiger partial charge in [0.15, 0.2) is 0 Å². The Morgan fingerprint density at radius 3 is 2.52 bits per heavy atom. The minimum atomic E-state index is -0.203. The molecule has 0 bridgehead atoms. The van der Waals surface area contributed by atoms with Crippen LogP contribution >= 0.6 is 0 Å². The van der Waals surface area contributed by atoms with Gasteiger partial charge in [-0.05, 0) is 48.9 Å². The molecule has 29 heavy (non-hydrogen) atoms. The molecule has 1 amide bonds.